The molecule has 0 saturated carbocycles. The number of halogens is 2. The number of rotatable bonds is 5. The molecule has 1 heterocycles. The van der Waals surface area contributed by atoms with E-state index in [2.05, 4.69) is 4.98 Å². The van der Waals surface area contributed by atoms with Crippen molar-refractivity contribution in [3.05, 3.63) is 49.9 Å². The van der Waals surface area contributed by atoms with Crippen LogP contribution in [0, 0.1) is 0 Å². The maximum atomic E-state index is 12.1. The Balaban J connectivity index is 2.14. The van der Waals surface area contributed by atoms with Crippen molar-refractivity contribution in [3.8, 4) is 0 Å². The lowest BCUT2D eigenvalue weighted by Crippen LogP contribution is -2.06. The summed E-state index contributed by atoms with van der Waals surface area (Å²) in [7, 11) is 0. The molecule has 2 rings (SSSR count). The van der Waals surface area contributed by atoms with Gasteiger partial charge in [0.1, 0.15) is 5.69 Å². The first-order chi connectivity index (χ1) is 9.11. The summed E-state index contributed by atoms with van der Waals surface area (Å²) >= 11 is 13.4. The van der Waals surface area contributed by atoms with Crippen LogP contribution in [-0.4, -0.2) is 17.3 Å². The molecule has 0 aliphatic heterocycles. The third-order valence-corrected chi connectivity index (χ3v) is 4.34. The number of benzene rings is 1. The summed E-state index contributed by atoms with van der Waals surface area (Å²) in [4.78, 5) is 16.4. The molecule has 0 saturated heterocycles. The summed E-state index contributed by atoms with van der Waals surface area (Å²) in [5.41, 5.74) is 6.63. The van der Waals surface area contributed by atoms with Gasteiger partial charge in [-0.3, -0.25) is 4.79 Å². The van der Waals surface area contributed by atoms with Crippen molar-refractivity contribution in [2.45, 2.75) is 12.8 Å². The first-order valence-electron chi connectivity index (χ1n) is 5.72. The van der Waals surface area contributed by atoms with Gasteiger partial charge in [0.2, 0.25) is 0 Å². The minimum atomic E-state index is -0.0660. The highest BCUT2D eigenvalue weighted by Crippen LogP contribution is 2.26. The fourth-order valence-electron chi connectivity index (χ4n) is 1.63. The zero-order valence-corrected chi connectivity index (χ0v) is 12.4. The van der Waals surface area contributed by atoms with Gasteiger partial charge in [-0.25, -0.2) is 4.98 Å². The summed E-state index contributed by atoms with van der Waals surface area (Å²) in [6.07, 6.45) is 0.890. The second kappa shape index (κ2) is 6.48. The predicted octanol–water partition coefficient (Wildman–Crippen LogP) is 3.38. The van der Waals surface area contributed by atoms with Crippen LogP contribution in [0.3, 0.4) is 0 Å². The molecule has 0 fully saturated rings. The lowest BCUT2D eigenvalue weighted by molar-refractivity contribution is 0.0988. The van der Waals surface area contributed by atoms with Crippen LogP contribution in [0.15, 0.2) is 23.6 Å². The Hall–Kier alpha value is -0.940. The van der Waals surface area contributed by atoms with Gasteiger partial charge in [0.05, 0.1) is 15.1 Å². The SMILES string of the molecule is NCCc1nc(C(=O)Cc2cccc(Cl)c2Cl)cs1. The molecule has 0 atom stereocenters. The van der Waals surface area contributed by atoms with Crippen LogP contribution in [0.4, 0.5) is 0 Å². The summed E-state index contributed by atoms with van der Waals surface area (Å²) in [6.45, 7) is 0.529. The molecule has 0 unspecified atom stereocenters. The van der Waals surface area contributed by atoms with Gasteiger partial charge >= 0.3 is 0 Å². The number of thiazole rings is 1. The molecule has 0 aliphatic rings. The summed E-state index contributed by atoms with van der Waals surface area (Å²) in [5, 5.41) is 3.51. The average Bonchev–Trinajstić information content (AvgIpc) is 2.84. The highest BCUT2D eigenvalue weighted by atomic mass is 35.5. The number of aromatic nitrogens is 1. The van der Waals surface area contributed by atoms with Gasteiger partial charge in [-0.15, -0.1) is 11.3 Å². The van der Waals surface area contributed by atoms with Gasteiger partial charge in [0, 0.05) is 18.2 Å². The van der Waals surface area contributed by atoms with Crippen LogP contribution in [0.25, 0.3) is 0 Å². The molecule has 1 aromatic heterocycles. The van der Waals surface area contributed by atoms with Gasteiger partial charge in [0.15, 0.2) is 5.78 Å². The number of hydrogen-bond donors (Lipinski definition) is 1. The Morgan fingerprint density at radius 1 is 1.37 bits per heavy atom. The number of Topliss-reactive ketones (excluding diaryl/α,β-unsaturated/α-hetero) is 1. The van der Waals surface area contributed by atoms with E-state index in [0.29, 0.717) is 34.3 Å². The lowest BCUT2D eigenvalue weighted by Gasteiger charge is -2.03. The third-order valence-electron chi connectivity index (χ3n) is 2.58. The number of carbonyl (C=O) groups is 1. The van der Waals surface area contributed by atoms with Gasteiger partial charge in [-0.05, 0) is 18.2 Å². The van der Waals surface area contributed by atoms with E-state index in [1.165, 1.54) is 11.3 Å². The first kappa shape index (κ1) is 14.5. The van der Waals surface area contributed by atoms with Crippen LogP contribution in [0.5, 0.6) is 0 Å². The van der Waals surface area contributed by atoms with Gasteiger partial charge < -0.3 is 5.73 Å². The van der Waals surface area contributed by atoms with Crippen molar-refractivity contribution >= 4 is 40.3 Å². The van der Waals surface area contributed by atoms with E-state index in [-0.39, 0.29) is 12.2 Å². The van der Waals surface area contributed by atoms with Crippen LogP contribution in [0.1, 0.15) is 21.1 Å². The molecule has 0 amide bonds. The standard InChI is InChI=1S/C13H12Cl2N2OS/c14-9-3-1-2-8(13(9)15)6-11(18)10-7-19-12(17-10)4-5-16/h1-3,7H,4-6,16H2. The Labute approximate surface area is 125 Å². The Kier molecular flexibility index (Phi) is 4.93. The van der Waals surface area contributed by atoms with E-state index in [4.69, 9.17) is 28.9 Å². The van der Waals surface area contributed by atoms with Crippen molar-refractivity contribution in [2.24, 2.45) is 5.73 Å². The topological polar surface area (TPSA) is 56.0 Å². The largest absolute Gasteiger partial charge is 0.330 e. The Bertz CT molecular complexity index is 598. The van der Waals surface area contributed by atoms with E-state index in [1.807, 2.05) is 0 Å². The molecule has 2 aromatic rings. The minimum Gasteiger partial charge on any atom is -0.330 e. The van der Waals surface area contributed by atoms with E-state index >= 15 is 0 Å². The van der Waals surface area contributed by atoms with Crippen molar-refractivity contribution in [1.29, 1.82) is 0 Å². The molecule has 0 spiro atoms. The van der Waals surface area contributed by atoms with Crippen molar-refractivity contribution in [1.82, 2.24) is 4.98 Å². The van der Waals surface area contributed by atoms with E-state index < -0.39 is 0 Å². The number of nitrogens with two attached hydrogens (primary N) is 1. The first-order valence-corrected chi connectivity index (χ1v) is 7.36. The molecule has 0 bridgehead atoms. The molecular weight excluding hydrogens is 303 g/mol. The molecule has 0 aliphatic carbocycles. The summed E-state index contributed by atoms with van der Waals surface area (Å²) in [5.74, 6) is -0.0660. The molecule has 100 valence electrons. The van der Waals surface area contributed by atoms with Gasteiger partial charge in [-0.1, -0.05) is 35.3 Å². The molecule has 6 heteroatoms. The Morgan fingerprint density at radius 3 is 2.89 bits per heavy atom. The van der Waals surface area contributed by atoms with Crippen LogP contribution < -0.4 is 5.73 Å². The van der Waals surface area contributed by atoms with Crippen molar-refractivity contribution < 1.29 is 4.79 Å². The lowest BCUT2D eigenvalue weighted by atomic mass is 10.1. The molecule has 0 radical (unpaired) electrons. The smallest absolute Gasteiger partial charge is 0.186 e. The number of hydrogen-bond acceptors (Lipinski definition) is 4. The predicted molar refractivity (Wildman–Crippen MR) is 79.4 cm³/mol. The fourth-order valence-corrected chi connectivity index (χ4v) is 2.83. The number of nitrogens with zero attached hydrogens (tertiary/aromatic N) is 1. The normalized spacial score (nSPS) is 10.7. The van der Waals surface area contributed by atoms with Crippen LogP contribution >= 0.6 is 34.5 Å². The zero-order valence-electron chi connectivity index (χ0n) is 10.0. The summed E-state index contributed by atoms with van der Waals surface area (Å²) in [6, 6.07) is 5.26. The quantitative estimate of drug-likeness (QED) is 0.861. The zero-order chi connectivity index (χ0) is 13.8. The monoisotopic (exact) mass is 314 g/mol. The van der Waals surface area contributed by atoms with Gasteiger partial charge in [-0.2, -0.15) is 0 Å². The number of carbonyl (C=O) groups excluding carboxylic acids is 1. The van der Waals surface area contributed by atoms with Crippen LogP contribution in [0.2, 0.25) is 10.0 Å². The van der Waals surface area contributed by atoms with Crippen LogP contribution in [-0.2, 0) is 12.8 Å². The van der Waals surface area contributed by atoms with E-state index in [1.54, 1.807) is 23.6 Å². The van der Waals surface area contributed by atoms with Crippen molar-refractivity contribution in [2.75, 3.05) is 6.54 Å². The number of ketones is 1. The third kappa shape index (κ3) is 3.54. The maximum absolute atomic E-state index is 12.1. The highest BCUT2D eigenvalue weighted by molar-refractivity contribution is 7.09. The fraction of sp³-hybridized carbons (Fsp3) is 0.231. The van der Waals surface area contributed by atoms with Gasteiger partial charge in [0.25, 0.3) is 0 Å². The summed E-state index contributed by atoms with van der Waals surface area (Å²) < 4.78 is 0. The second-order valence-corrected chi connectivity index (χ2v) is 5.71. The second-order valence-electron chi connectivity index (χ2n) is 3.98. The van der Waals surface area contributed by atoms with E-state index in [9.17, 15) is 4.79 Å². The highest BCUT2D eigenvalue weighted by Gasteiger charge is 2.14. The average molecular weight is 315 g/mol. The molecular formula is C13H12Cl2N2OS. The Morgan fingerprint density at radius 2 is 2.16 bits per heavy atom. The minimum absolute atomic E-state index is 0.0660. The maximum Gasteiger partial charge on any atom is 0.186 e. The molecule has 19 heavy (non-hydrogen) atoms. The molecule has 1 aromatic carbocycles. The molecule has 3 nitrogen and oxygen atoms in total. The van der Waals surface area contributed by atoms with E-state index in [0.717, 1.165) is 5.01 Å². The molecule has 2 N–H and O–H groups in total. The van der Waals surface area contributed by atoms with Crippen molar-refractivity contribution in [3.63, 3.8) is 0 Å².